The summed E-state index contributed by atoms with van der Waals surface area (Å²) in [7, 11) is -2.23. The van der Waals surface area contributed by atoms with Crippen molar-refractivity contribution in [2.45, 2.75) is 6.42 Å². The van der Waals surface area contributed by atoms with Crippen LogP contribution in [0.15, 0.2) is 114 Å². The Morgan fingerprint density at radius 2 is 1.66 bits per heavy atom. The average Bonchev–Trinajstić information content (AvgIpc) is 3.63. The van der Waals surface area contributed by atoms with Crippen LogP contribution in [0.2, 0.25) is 0 Å². The number of pyridine rings is 1. The second-order valence-corrected chi connectivity index (χ2v) is 13.4. The molecule has 3 heterocycles. The Kier molecular flexibility index (Phi) is 7.37. The van der Waals surface area contributed by atoms with Crippen LogP contribution in [-0.4, -0.2) is 37.6 Å². The molecule has 3 N–H and O–H groups in total. The molecule has 8 nitrogen and oxygen atoms in total. The summed E-state index contributed by atoms with van der Waals surface area (Å²) in [5, 5.41) is 1.49. The second-order valence-electron chi connectivity index (χ2n) is 11.4. The van der Waals surface area contributed by atoms with Crippen molar-refractivity contribution in [2.24, 2.45) is 5.73 Å². The summed E-state index contributed by atoms with van der Waals surface area (Å²) in [6.45, 7) is 0. The predicted molar refractivity (Wildman–Crippen MR) is 183 cm³/mol. The van der Waals surface area contributed by atoms with Gasteiger partial charge in [-0.1, -0.05) is 54.6 Å². The molecule has 0 fully saturated rings. The predicted octanol–water partition coefficient (Wildman–Crippen LogP) is 7.53. The van der Waals surface area contributed by atoms with E-state index >= 15 is 0 Å². The normalized spacial score (nSPS) is 11.7. The van der Waals surface area contributed by atoms with E-state index in [0.717, 1.165) is 45.1 Å². The first kappa shape index (κ1) is 29.9. The highest BCUT2D eigenvalue weighted by molar-refractivity contribution is 7.92. The van der Waals surface area contributed by atoms with E-state index in [1.807, 2.05) is 60.8 Å². The fourth-order valence-electron chi connectivity index (χ4n) is 6.05. The molecule has 7 rings (SSSR count). The zero-order valence-electron chi connectivity index (χ0n) is 25.5. The van der Waals surface area contributed by atoms with Crippen LogP contribution < -0.4 is 10.0 Å². The van der Waals surface area contributed by atoms with E-state index in [1.54, 1.807) is 30.5 Å². The van der Waals surface area contributed by atoms with Crippen molar-refractivity contribution in [3.8, 4) is 33.5 Å². The Hall–Kier alpha value is -5.74. The molecule has 0 spiro atoms. The van der Waals surface area contributed by atoms with Crippen molar-refractivity contribution in [1.82, 2.24) is 9.97 Å². The molecule has 4 aromatic carbocycles. The van der Waals surface area contributed by atoms with Crippen LogP contribution in [0.4, 0.5) is 10.1 Å². The molecule has 47 heavy (non-hydrogen) atoms. The van der Waals surface area contributed by atoms with Crippen LogP contribution in [0.25, 0.3) is 55.4 Å². The van der Waals surface area contributed by atoms with Gasteiger partial charge in [-0.05, 0) is 53.1 Å². The lowest BCUT2D eigenvalue weighted by atomic mass is 9.95. The number of H-pyrrole nitrogens is 1. The Balaban J connectivity index is 1.44. The molecule has 0 aliphatic heterocycles. The van der Waals surface area contributed by atoms with E-state index in [4.69, 9.17) is 10.2 Å². The summed E-state index contributed by atoms with van der Waals surface area (Å²) < 4.78 is 46.6. The zero-order valence-corrected chi connectivity index (χ0v) is 26.3. The molecule has 0 bridgehead atoms. The number of furan rings is 1. The number of nitrogens with one attached hydrogen (secondary N) is 1. The molecule has 0 aliphatic carbocycles. The summed E-state index contributed by atoms with van der Waals surface area (Å²) in [5.41, 5.74) is 13.4. The number of fused-ring (bicyclic) bond motifs is 2. The molecule has 0 radical (unpaired) electrons. The number of aromatic nitrogens is 2. The number of nitrogens with zero attached hydrogens (tertiary/aromatic N) is 2. The van der Waals surface area contributed by atoms with Gasteiger partial charge in [0.15, 0.2) is 0 Å². The van der Waals surface area contributed by atoms with Gasteiger partial charge in [0.25, 0.3) is 5.91 Å². The minimum absolute atomic E-state index is 0.185. The summed E-state index contributed by atoms with van der Waals surface area (Å²) in [6, 6.07) is 28.9. The molecule has 0 aliphatic rings. The molecular weight excluding hydrogens is 615 g/mol. The topological polar surface area (TPSA) is 122 Å². The highest BCUT2D eigenvalue weighted by atomic mass is 32.2. The molecule has 234 valence electrons. The van der Waals surface area contributed by atoms with Gasteiger partial charge in [0, 0.05) is 64.9 Å². The number of carbonyl (C=O) groups is 1. The van der Waals surface area contributed by atoms with Gasteiger partial charge >= 0.3 is 0 Å². The first-order chi connectivity index (χ1) is 22.6. The molecule has 1 amide bonds. The van der Waals surface area contributed by atoms with E-state index in [0.29, 0.717) is 33.5 Å². The number of anilines is 1. The van der Waals surface area contributed by atoms with E-state index in [1.165, 1.54) is 23.5 Å². The van der Waals surface area contributed by atoms with Gasteiger partial charge in [0.05, 0.1) is 23.2 Å². The molecule has 7 aromatic rings. The molecule has 0 atom stereocenters. The third-order valence-corrected chi connectivity index (χ3v) is 9.55. The maximum absolute atomic E-state index is 13.6. The number of aromatic amines is 1. The third kappa shape index (κ3) is 5.53. The number of halogens is 1. The largest absolute Gasteiger partial charge is 0.460 e. The van der Waals surface area contributed by atoms with Crippen LogP contribution >= 0.6 is 0 Å². The molecule has 0 unspecified atom stereocenters. The average molecular weight is 645 g/mol. The number of primary amides is 1. The Labute approximate surface area is 270 Å². The first-order valence-electron chi connectivity index (χ1n) is 14.8. The molecule has 3 aromatic heterocycles. The lowest BCUT2D eigenvalue weighted by molar-refractivity contribution is 0.1000. The van der Waals surface area contributed by atoms with Gasteiger partial charge in [-0.2, -0.15) is 0 Å². The molecular formula is C37H29FN4O4S. The highest BCUT2D eigenvalue weighted by Gasteiger charge is 2.25. The monoisotopic (exact) mass is 644 g/mol. The summed E-state index contributed by atoms with van der Waals surface area (Å²) in [4.78, 5) is 20.8. The van der Waals surface area contributed by atoms with E-state index < -0.39 is 15.9 Å². The van der Waals surface area contributed by atoms with Crippen LogP contribution in [0.1, 0.15) is 21.7 Å². The van der Waals surface area contributed by atoms with E-state index in [2.05, 4.69) is 16.0 Å². The maximum atomic E-state index is 13.6. The number of sulfonamides is 1. The van der Waals surface area contributed by atoms with Gasteiger partial charge in [-0.3, -0.25) is 14.1 Å². The van der Waals surface area contributed by atoms with Crippen LogP contribution in [0, 0.1) is 5.82 Å². The van der Waals surface area contributed by atoms with Crippen molar-refractivity contribution in [1.29, 1.82) is 0 Å². The van der Waals surface area contributed by atoms with Crippen molar-refractivity contribution >= 4 is 43.5 Å². The zero-order chi connectivity index (χ0) is 32.9. The van der Waals surface area contributed by atoms with Gasteiger partial charge in [-0.15, -0.1) is 0 Å². The fraction of sp³-hybridized carbons (Fsp3) is 0.0811. The van der Waals surface area contributed by atoms with E-state index in [9.17, 15) is 17.6 Å². The lowest BCUT2D eigenvalue weighted by Crippen LogP contribution is -2.25. The lowest BCUT2D eigenvalue weighted by Gasteiger charge is -2.21. The quantitative estimate of drug-likeness (QED) is 0.177. The maximum Gasteiger partial charge on any atom is 0.252 e. The standard InChI is InChI=1S/C37H29FN4O4S/c1-42(47(2,44)45)31-20-32-29(35(37(39)43)33(46-32)17-22-12-14-26(38)15-13-22)19-28(31)23-7-5-8-24(18-23)36-34(25-9-6-16-40-21-25)27-10-3-4-11-30(27)41-36/h3-16,18-21,41H,17H2,1-2H3,(H2,39,43). The fourth-order valence-corrected chi connectivity index (χ4v) is 6.56. The SMILES string of the molecule is CN(c1cc2oc(Cc3ccc(F)cc3)c(C(N)=O)c2cc1-c1cccc(-c2[nH]c3ccccc3c2-c2cccnc2)c1)S(C)(=O)=O. The number of carbonyl (C=O) groups excluding carboxylic acids is 1. The van der Waals surface area contributed by atoms with Crippen molar-refractivity contribution in [2.75, 3.05) is 17.6 Å². The number of rotatable bonds is 8. The number of hydrogen-bond acceptors (Lipinski definition) is 5. The van der Waals surface area contributed by atoms with Crippen LogP contribution in [0.3, 0.4) is 0 Å². The van der Waals surface area contributed by atoms with Crippen LogP contribution in [-0.2, 0) is 16.4 Å². The number of para-hydroxylation sites is 1. The van der Waals surface area contributed by atoms with Crippen molar-refractivity contribution < 1.29 is 22.0 Å². The van der Waals surface area contributed by atoms with Gasteiger partial charge < -0.3 is 15.1 Å². The number of nitrogens with two attached hydrogens (primary N) is 1. The molecule has 10 heteroatoms. The van der Waals surface area contributed by atoms with Gasteiger partial charge in [0.2, 0.25) is 10.0 Å². The molecule has 0 saturated heterocycles. The Morgan fingerprint density at radius 3 is 2.38 bits per heavy atom. The van der Waals surface area contributed by atoms with Gasteiger partial charge in [-0.25, -0.2) is 12.8 Å². The van der Waals surface area contributed by atoms with Crippen molar-refractivity contribution in [3.05, 3.63) is 132 Å². The Morgan fingerprint density at radius 1 is 0.915 bits per heavy atom. The van der Waals surface area contributed by atoms with Crippen LogP contribution in [0.5, 0.6) is 0 Å². The Bertz CT molecular complexity index is 2420. The number of benzene rings is 4. The minimum Gasteiger partial charge on any atom is -0.460 e. The number of hydrogen-bond donors (Lipinski definition) is 2. The van der Waals surface area contributed by atoms with Gasteiger partial charge in [0.1, 0.15) is 17.2 Å². The summed E-state index contributed by atoms with van der Waals surface area (Å²) in [6.07, 6.45) is 4.87. The third-order valence-electron chi connectivity index (χ3n) is 8.36. The second kappa shape index (κ2) is 11.6. The van der Waals surface area contributed by atoms with Crippen molar-refractivity contribution in [3.63, 3.8) is 0 Å². The number of amides is 1. The first-order valence-corrected chi connectivity index (χ1v) is 16.6. The summed E-state index contributed by atoms with van der Waals surface area (Å²) in [5.74, 6) is -0.769. The minimum atomic E-state index is -3.70. The molecule has 0 saturated carbocycles. The highest BCUT2D eigenvalue weighted by Crippen LogP contribution is 2.42. The summed E-state index contributed by atoms with van der Waals surface area (Å²) >= 11 is 0. The smallest absolute Gasteiger partial charge is 0.252 e. The van der Waals surface area contributed by atoms with E-state index in [-0.39, 0.29) is 17.8 Å².